The van der Waals surface area contributed by atoms with Crippen molar-refractivity contribution in [3.05, 3.63) is 35.4 Å². The summed E-state index contributed by atoms with van der Waals surface area (Å²) in [5.41, 5.74) is 1.59. The fraction of sp³-hybridized carbons (Fsp3) is 0.565. The summed E-state index contributed by atoms with van der Waals surface area (Å²) >= 11 is 0. The second-order valence-electron chi connectivity index (χ2n) is 8.40. The molecular formula is C23H31N3O5. The predicted molar refractivity (Wildman–Crippen MR) is 114 cm³/mol. The van der Waals surface area contributed by atoms with Gasteiger partial charge in [0.15, 0.2) is 6.10 Å². The molecule has 1 saturated heterocycles. The molecular weight excluding hydrogens is 398 g/mol. The first-order chi connectivity index (χ1) is 14.8. The van der Waals surface area contributed by atoms with E-state index in [9.17, 15) is 19.2 Å². The SMILES string of the molecule is Cc1ccccc1C(=O)N1CCC(C(=O)O[C@@H](C)C(=O)NC(=O)NC2CCCC2)CC1. The van der Waals surface area contributed by atoms with Gasteiger partial charge in [0, 0.05) is 24.7 Å². The zero-order chi connectivity index (χ0) is 22.4. The summed E-state index contributed by atoms with van der Waals surface area (Å²) in [6, 6.07) is 6.98. The van der Waals surface area contributed by atoms with Crippen molar-refractivity contribution in [3.63, 3.8) is 0 Å². The number of amides is 4. The lowest BCUT2D eigenvalue weighted by Gasteiger charge is -2.31. The Balaban J connectivity index is 1.42. The molecule has 4 amide bonds. The van der Waals surface area contributed by atoms with Crippen molar-refractivity contribution in [2.45, 2.75) is 64.5 Å². The highest BCUT2D eigenvalue weighted by Crippen LogP contribution is 2.22. The van der Waals surface area contributed by atoms with Crippen molar-refractivity contribution in [2.24, 2.45) is 5.92 Å². The van der Waals surface area contributed by atoms with E-state index in [-0.39, 0.29) is 17.9 Å². The van der Waals surface area contributed by atoms with E-state index in [0.29, 0.717) is 31.5 Å². The Bertz CT molecular complexity index is 826. The van der Waals surface area contributed by atoms with Gasteiger partial charge in [0.05, 0.1) is 5.92 Å². The molecule has 1 aromatic rings. The number of piperidine rings is 1. The summed E-state index contributed by atoms with van der Waals surface area (Å²) in [6.45, 7) is 4.26. The first-order valence-corrected chi connectivity index (χ1v) is 11.0. The predicted octanol–water partition coefficient (Wildman–Crippen LogP) is 2.55. The van der Waals surface area contributed by atoms with Crippen LogP contribution < -0.4 is 10.6 Å². The van der Waals surface area contributed by atoms with Crippen LogP contribution in [0.2, 0.25) is 0 Å². The Labute approximate surface area is 182 Å². The lowest BCUT2D eigenvalue weighted by Crippen LogP contribution is -2.48. The van der Waals surface area contributed by atoms with E-state index in [4.69, 9.17) is 4.74 Å². The smallest absolute Gasteiger partial charge is 0.321 e. The van der Waals surface area contributed by atoms with E-state index in [1.54, 1.807) is 11.0 Å². The molecule has 168 valence electrons. The van der Waals surface area contributed by atoms with Gasteiger partial charge in [0.2, 0.25) is 0 Å². The molecule has 1 aromatic carbocycles. The molecule has 1 aliphatic carbocycles. The fourth-order valence-electron chi connectivity index (χ4n) is 4.13. The van der Waals surface area contributed by atoms with Crippen molar-refractivity contribution in [1.82, 2.24) is 15.5 Å². The van der Waals surface area contributed by atoms with Gasteiger partial charge in [0.1, 0.15) is 0 Å². The molecule has 1 saturated carbocycles. The van der Waals surface area contributed by atoms with E-state index < -0.39 is 24.0 Å². The number of benzene rings is 1. The van der Waals surface area contributed by atoms with Crippen molar-refractivity contribution in [1.29, 1.82) is 0 Å². The Morgan fingerprint density at radius 1 is 1.03 bits per heavy atom. The summed E-state index contributed by atoms with van der Waals surface area (Å²) in [6.07, 6.45) is 3.87. The molecule has 0 aromatic heterocycles. The molecule has 0 spiro atoms. The lowest BCUT2D eigenvalue weighted by molar-refractivity contribution is -0.159. The van der Waals surface area contributed by atoms with Gasteiger partial charge in [0.25, 0.3) is 11.8 Å². The van der Waals surface area contributed by atoms with Crippen molar-refractivity contribution >= 4 is 23.8 Å². The minimum atomic E-state index is -1.06. The lowest BCUT2D eigenvalue weighted by atomic mass is 9.96. The van der Waals surface area contributed by atoms with Gasteiger partial charge >= 0.3 is 12.0 Å². The number of aryl methyl sites for hydroxylation is 1. The molecule has 2 aliphatic rings. The van der Waals surface area contributed by atoms with Crippen LogP contribution in [-0.4, -0.2) is 54.0 Å². The van der Waals surface area contributed by atoms with Crippen molar-refractivity contribution in [3.8, 4) is 0 Å². The number of carbonyl (C=O) groups excluding carboxylic acids is 4. The van der Waals surface area contributed by atoms with Crippen LogP contribution >= 0.6 is 0 Å². The van der Waals surface area contributed by atoms with Crippen LogP contribution in [0.5, 0.6) is 0 Å². The van der Waals surface area contributed by atoms with Gasteiger partial charge in [-0.25, -0.2) is 4.79 Å². The second-order valence-corrected chi connectivity index (χ2v) is 8.40. The molecule has 8 nitrogen and oxygen atoms in total. The second kappa shape index (κ2) is 10.4. The minimum absolute atomic E-state index is 0.0362. The van der Waals surface area contributed by atoms with Crippen LogP contribution in [0, 0.1) is 12.8 Å². The van der Waals surface area contributed by atoms with Crippen LogP contribution in [-0.2, 0) is 14.3 Å². The molecule has 8 heteroatoms. The van der Waals surface area contributed by atoms with E-state index in [1.807, 2.05) is 25.1 Å². The van der Waals surface area contributed by atoms with Gasteiger partial charge in [-0.15, -0.1) is 0 Å². The average molecular weight is 430 g/mol. The van der Waals surface area contributed by atoms with Crippen molar-refractivity contribution < 1.29 is 23.9 Å². The Hall–Kier alpha value is -2.90. The average Bonchev–Trinajstić information content (AvgIpc) is 3.26. The monoisotopic (exact) mass is 429 g/mol. The number of likely N-dealkylation sites (tertiary alicyclic amines) is 1. The number of urea groups is 1. The van der Waals surface area contributed by atoms with E-state index in [2.05, 4.69) is 10.6 Å². The number of ether oxygens (including phenoxy) is 1. The summed E-state index contributed by atoms with van der Waals surface area (Å²) in [7, 11) is 0. The standard InChI is InChI=1S/C23H31N3O5/c1-15-7-3-6-10-19(15)21(28)26-13-11-17(12-14-26)22(29)31-16(2)20(27)25-23(30)24-18-8-4-5-9-18/h3,6-7,10,16-18H,4-5,8-9,11-14H2,1-2H3,(H2,24,25,27,30)/t16-/m0/s1. The number of nitrogens with one attached hydrogen (secondary N) is 2. The summed E-state index contributed by atoms with van der Waals surface area (Å²) in [5, 5.41) is 5.01. The highest BCUT2D eigenvalue weighted by Gasteiger charge is 2.31. The first kappa shape index (κ1) is 22.8. The number of nitrogens with zero attached hydrogens (tertiary/aromatic N) is 1. The number of rotatable bonds is 5. The molecule has 0 unspecified atom stereocenters. The third kappa shape index (κ3) is 6.06. The minimum Gasteiger partial charge on any atom is -0.452 e. The zero-order valence-corrected chi connectivity index (χ0v) is 18.2. The number of hydrogen-bond donors (Lipinski definition) is 2. The van der Waals surface area contributed by atoms with Crippen LogP contribution in [0.3, 0.4) is 0 Å². The van der Waals surface area contributed by atoms with E-state index >= 15 is 0 Å². The highest BCUT2D eigenvalue weighted by atomic mass is 16.5. The molecule has 0 radical (unpaired) electrons. The van der Waals surface area contributed by atoms with Gasteiger partial charge in [-0.2, -0.15) is 0 Å². The molecule has 1 aliphatic heterocycles. The Morgan fingerprint density at radius 2 is 1.68 bits per heavy atom. The normalized spacial score (nSPS) is 18.3. The van der Waals surface area contributed by atoms with Crippen LogP contribution in [0.25, 0.3) is 0 Å². The maximum absolute atomic E-state index is 12.7. The molecule has 1 atom stereocenters. The number of carbonyl (C=O) groups is 4. The quantitative estimate of drug-likeness (QED) is 0.700. The van der Waals surface area contributed by atoms with Crippen molar-refractivity contribution in [2.75, 3.05) is 13.1 Å². The molecule has 1 heterocycles. The van der Waals surface area contributed by atoms with Gasteiger partial charge < -0.3 is 15.0 Å². The largest absolute Gasteiger partial charge is 0.452 e. The molecule has 3 rings (SSSR count). The first-order valence-electron chi connectivity index (χ1n) is 11.0. The van der Waals surface area contributed by atoms with Gasteiger partial charge in [-0.3, -0.25) is 19.7 Å². The third-order valence-corrected chi connectivity index (χ3v) is 6.08. The van der Waals surface area contributed by atoms with Gasteiger partial charge in [-0.05, 0) is 51.2 Å². The van der Waals surface area contributed by atoms with Crippen LogP contribution in [0.4, 0.5) is 4.79 Å². The van der Waals surface area contributed by atoms with E-state index in [1.165, 1.54) is 6.92 Å². The highest BCUT2D eigenvalue weighted by molar-refractivity contribution is 5.97. The maximum Gasteiger partial charge on any atom is 0.321 e. The van der Waals surface area contributed by atoms with Crippen LogP contribution in [0.15, 0.2) is 24.3 Å². The van der Waals surface area contributed by atoms with E-state index in [0.717, 1.165) is 31.2 Å². The molecule has 31 heavy (non-hydrogen) atoms. The van der Waals surface area contributed by atoms with Crippen LogP contribution in [0.1, 0.15) is 61.4 Å². The third-order valence-electron chi connectivity index (χ3n) is 6.08. The number of hydrogen-bond acceptors (Lipinski definition) is 5. The molecule has 2 fully saturated rings. The summed E-state index contributed by atoms with van der Waals surface area (Å²) in [5.74, 6) is -1.52. The fourth-order valence-corrected chi connectivity index (χ4v) is 4.13. The maximum atomic E-state index is 12.7. The zero-order valence-electron chi connectivity index (χ0n) is 18.2. The Kier molecular flexibility index (Phi) is 7.65. The Morgan fingerprint density at radius 3 is 2.32 bits per heavy atom. The van der Waals surface area contributed by atoms with Gasteiger partial charge in [-0.1, -0.05) is 31.0 Å². The molecule has 2 N–H and O–H groups in total. The summed E-state index contributed by atoms with van der Waals surface area (Å²) in [4.78, 5) is 51.0. The topological polar surface area (TPSA) is 105 Å². The number of imide groups is 1. The number of esters is 1. The molecule has 0 bridgehead atoms. The summed E-state index contributed by atoms with van der Waals surface area (Å²) < 4.78 is 5.29.